The predicted molar refractivity (Wildman–Crippen MR) is 307 cm³/mol. The van der Waals surface area contributed by atoms with Crippen molar-refractivity contribution < 1.29 is 28.6 Å². The second-order valence-electron chi connectivity index (χ2n) is 19.2. The molecule has 0 bridgehead atoms. The molecule has 0 spiro atoms. The lowest BCUT2D eigenvalue weighted by Gasteiger charge is -2.18. The van der Waals surface area contributed by atoms with Crippen molar-refractivity contribution in [1.82, 2.24) is 0 Å². The third-order valence-electron chi connectivity index (χ3n) is 12.2. The lowest BCUT2D eigenvalue weighted by Crippen LogP contribution is -2.30. The SMILES string of the molecule is CC/C=C\C/C=C\C/C=C\CCCCCCCC(=O)O[C@H](COC(=O)CC/C=C\C/C=C\C/C=C\C/C=C\C/C=C\CCCCC)COC(=O)CCCCCCCCCCC/C=C\CCCCCCCC. The van der Waals surface area contributed by atoms with Gasteiger partial charge in [-0.3, -0.25) is 14.4 Å². The first-order chi connectivity index (χ1) is 35.0. The maximum absolute atomic E-state index is 12.9. The minimum atomic E-state index is -0.820. The highest BCUT2D eigenvalue weighted by atomic mass is 16.6. The van der Waals surface area contributed by atoms with E-state index in [9.17, 15) is 14.4 Å². The minimum Gasteiger partial charge on any atom is -0.462 e. The van der Waals surface area contributed by atoms with Gasteiger partial charge in [-0.15, -0.1) is 0 Å². The molecular weight excluding hydrogens is 877 g/mol. The van der Waals surface area contributed by atoms with Crippen molar-refractivity contribution in [2.75, 3.05) is 13.2 Å². The molecule has 0 saturated carbocycles. The Hall–Kier alpha value is -3.93. The van der Waals surface area contributed by atoms with Gasteiger partial charge in [-0.05, 0) is 116 Å². The standard InChI is InChI=1S/C65H108O6/c1-4-7-10-13-16-19-22-25-28-30-32-34-37-39-42-45-48-51-54-57-63(66)69-60-62(71-65(68)59-56-53-50-47-44-41-36-27-24-21-18-15-12-9-6-3)61-70-64(67)58-55-52-49-46-43-40-38-35-33-31-29-26-23-20-17-14-11-8-5-2/h9,12,16,18-19,21,25-29,32,34,36,39,42,48,51,62H,4-8,10-11,13-15,17,20,22-24,30-31,33,35,37-38,40-41,43-47,49-50,52-61H2,1-3H3/b12-9-,19-16-,21-18-,28-25-,29-26-,34-32-,36-27-,42-39-,51-48-/t62-/m1/s1. The summed E-state index contributed by atoms with van der Waals surface area (Å²) in [5, 5.41) is 0. The van der Waals surface area contributed by atoms with Crippen LogP contribution in [0.4, 0.5) is 0 Å². The third kappa shape index (κ3) is 56.9. The smallest absolute Gasteiger partial charge is 0.306 e. The van der Waals surface area contributed by atoms with Gasteiger partial charge in [0.15, 0.2) is 6.10 Å². The van der Waals surface area contributed by atoms with Crippen LogP contribution in [0.5, 0.6) is 0 Å². The molecule has 0 aromatic heterocycles. The van der Waals surface area contributed by atoms with Gasteiger partial charge in [0, 0.05) is 19.3 Å². The second kappa shape index (κ2) is 58.6. The van der Waals surface area contributed by atoms with Crippen LogP contribution in [0.1, 0.15) is 265 Å². The quantitative estimate of drug-likeness (QED) is 0.0261. The Bertz CT molecular complexity index is 1460. The number of allylic oxidation sites excluding steroid dienone is 18. The van der Waals surface area contributed by atoms with Gasteiger partial charge in [0.2, 0.25) is 0 Å². The molecule has 0 saturated heterocycles. The Balaban J connectivity index is 4.50. The van der Waals surface area contributed by atoms with Gasteiger partial charge in [0.1, 0.15) is 13.2 Å². The first kappa shape index (κ1) is 67.1. The monoisotopic (exact) mass is 985 g/mol. The maximum atomic E-state index is 12.9. The summed E-state index contributed by atoms with van der Waals surface area (Å²) in [4.78, 5) is 38.2. The van der Waals surface area contributed by atoms with Gasteiger partial charge < -0.3 is 14.2 Å². The number of hydrogen-bond donors (Lipinski definition) is 0. The van der Waals surface area contributed by atoms with E-state index in [4.69, 9.17) is 14.2 Å². The molecule has 0 rings (SSSR count). The molecule has 6 heteroatoms. The molecule has 0 N–H and O–H groups in total. The number of unbranched alkanes of at least 4 members (excludes halogenated alkanes) is 23. The molecule has 404 valence electrons. The highest BCUT2D eigenvalue weighted by Crippen LogP contribution is 2.14. The molecule has 71 heavy (non-hydrogen) atoms. The third-order valence-corrected chi connectivity index (χ3v) is 12.2. The van der Waals surface area contributed by atoms with E-state index in [0.717, 1.165) is 103 Å². The summed E-state index contributed by atoms with van der Waals surface area (Å²) in [5.41, 5.74) is 0. The van der Waals surface area contributed by atoms with E-state index in [0.29, 0.717) is 19.3 Å². The predicted octanol–water partition coefficient (Wildman–Crippen LogP) is 19.9. The first-order valence-electron chi connectivity index (χ1n) is 29.4. The molecule has 0 aliphatic carbocycles. The largest absolute Gasteiger partial charge is 0.462 e. The number of ether oxygens (including phenoxy) is 3. The Labute approximate surface area is 438 Å². The van der Waals surface area contributed by atoms with Crippen molar-refractivity contribution in [1.29, 1.82) is 0 Å². The van der Waals surface area contributed by atoms with E-state index in [2.05, 4.69) is 124 Å². The fraction of sp³-hybridized carbons (Fsp3) is 0.677. The zero-order chi connectivity index (χ0) is 51.4. The van der Waals surface area contributed by atoms with E-state index < -0.39 is 6.10 Å². The summed E-state index contributed by atoms with van der Waals surface area (Å²) < 4.78 is 16.8. The average molecular weight is 986 g/mol. The molecule has 0 radical (unpaired) electrons. The van der Waals surface area contributed by atoms with Crippen molar-refractivity contribution in [3.05, 3.63) is 109 Å². The first-order valence-corrected chi connectivity index (χ1v) is 29.4. The summed E-state index contributed by atoms with van der Waals surface area (Å²) in [5.74, 6) is -1.01. The second-order valence-corrected chi connectivity index (χ2v) is 19.2. The molecule has 0 aliphatic heterocycles. The zero-order valence-electron chi connectivity index (χ0n) is 46.2. The Morgan fingerprint density at radius 3 is 0.986 bits per heavy atom. The van der Waals surface area contributed by atoms with Crippen LogP contribution in [0.3, 0.4) is 0 Å². The summed E-state index contributed by atoms with van der Waals surface area (Å²) in [6, 6.07) is 0. The molecule has 0 aromatic carbocycles. The molecular formula is C65H108O6. The fourth-order valence-electron chi connectivity index (χ4n) is 7.85. The lowest BCUT2D eigenvalue weighted by atomic mass is 10.1. The molecule has 0 unspecified atom stereocenters. The Morgan fingerprint density at radius 1 is 0.296 bits per heavy atom. The summed E-state index contributed by atoms with van der Waals surface area (Å²) in [7, 11) is 0. The van der Waals surface area contributed by atoms with Crippen LogP contribution in [0.25, 0.3) is 0 Å². The molecule has 0 heterocycles. The van der Waals surface area contributed by atoms with E-state index in [1.54, 1.807) is 0 Å². The van der Waals surface area contributed by atoms with Crippen LogP contribution < -0.4 is 0 Å². The van der Waals surface area contributed by atoms with E-state index in [-0.39, 0.29) is 37.5 Å². The molecule has 1 atom stereocenters. The van der Waals surface area contributed by atoms with Gasteiger partial charge in [-0.25, -0.2) is 0 Å². The van der Waals surface area contributed by atoms with Crippen molar-refractivity contribution in [2.24, 2.45) is 0 Å². The van der Waals surface area contributed by atoms with Crippen molar-refractivity contribution in [3.63, 3.8) is 0 Å². The Kier molecular flexibility index (Phi) is 55.4. The van der Waals surface area contributed by atoms with Gasteiger partial charge in [-0.2, -0.15) is 0 Å². The van der Waals surface area contributed by atoms with E-state index in [1.807, 2.05) is 6.08 Å². The van der Waals surface area contributed by atoms with E-state index in [1.165, 1.54) is 116 Å². The van der Waals surface area contributed by atoms with Crippen LogP contribution in [0.15, 0.2) is 109 Å². The highest BCUT2D eigenvalue weighted by molar-refractivity contribution is 5.71. The lowest BCUT2D eigenvalue weighted by molar-refractivity contribution is -0.166. The maximum Gasteiger partial charge on any atom is 0.306 e. The van der Waals surface area contributed by atoms with Crippen LogP contribution in [-0.2, 0) is 28.6 Å². The highest BCUT2D eigenvalue weighted by Gasteiger charge is 2.19. The fourth-order valence-corrected chi connectivity index (χ4v) is 7.85. The van der Waals surface area contributed by atoms with Crippen LogP contribution in [0.2, 0.25) is 0 Å². The molecule has 0 fully saturated rings. The normalized spacial score (nSPS) is 12.9. The number of rotatable bonds is 52. The molecule has 6 nitrogen and oxygen atoms in total. The van der Waals surface area contributed by atoms with Crippen molar-refractivity contribution in [3.8, 4) is 0 Å². The summed E-state index contributed by atoms with van der Waals surface area (Å²) >= 11 is 0. The summed E-state index contributed by atoms with van der Waals surface area (Å²) in [6.07, 6.45) is 79.5. The van der Waals surface area contributed by atoms with Crippen molar-refractivity contribution in [2.45, 2.75) is 271 Å². The summed E-state index contributed by atoms with van der Waals surface area (Å²) in [6.45, 7) is 6.42. The van der Waals surface area contributed by atoms with Crippen LogP contribution in [-0.4, -0.2) is 37.2 Å². The molecule has 0 amide bonds. The van der Waals surface area contributed by atoms with Crippen LogP contribution in [0, 0.1) is 0 Å². The van der Waals surface area contributed by atoms with Gasteiger partial charge in [-0.1, -0.05) is 239 Å². The van der Waals surface area contributed by atoms with Gasteiger partial charge >= 0.3 is 17.9 Å². The Morgan fingerprint density at radius 2 is 0.577 bits per heavy atom. The number of esters is 3. The number of carbonyl (C=O) groups excluding carboxylic acids is 3. The zero-order valence-corrected chi connectivity index (χ0v) is 46.2. The topological polar surface area (TPSA) is 78.9 Å². The van der Waals surface area contributed by atoms with Gasteiger partial charge in [0.05, 0.1) is 0 Å². The molecule has 0 aromatic rings. The minimum absolute atomic E-state index is 0.110. The van der Waals surface area contributed by atoms with E-state index >= 15 is 0 Å². The average Bonchev–Trinajstić information content (AvgIpc) is 3.37. The number of hydrogen-bond acceptors (Lipinski definition) is 6. The van der Waals surface area contributed by atoms with Crippen molar-refractivity contribution >= 4 is 17.9 Å². The van der Waals surface area contributed by atoms with Crippen LogP contribution >= 0.6 is 0 Å². The molecule has 0 aliphatic rings. The van der Waals surface area contributed by atoms with Gasteiger partial charge in [0.25, 0.3) is 0 Å². The number of carbonyl (C=O) groups is 3.